The minimum absolute atomic E-state index is 0.0607. The van der Waals surface area contributed by atoms with E-state index in [1.54, 1.807) is 36.5 Å². The van der Waals surface area contributed by atoms with Crippen molar-refractivity contribution in [3.63, 3.8) is 0 Å². The number of carbonyl (C=O) groups excluding carboxylic acids is 1. The minimum atomic E-state index is -3.84. The number of hydrogen-bond acceptors (Lipinski definition) is 7. The largest absolute Gasteiger partial charge is 0.436 e. The Hall–Kier alpha value is -3.82. The number of carbonyl (C=O) groups is 1. The summed E-state index contributed by atoms with van der Waals surface area (Å²) in [6.45, 7) is 1.48. The van der Waals surface area contributed by atoms with Crippen LogP contribution in [-0.4, -0.2) is 24.2 Å². The average molecular weight is 476 g/mol. The van der Waals surface area contributed by atoms with Gasteiger partial charge in [-0.3, -0.25) is 9.52 Å². The van der Waals surface area contributed by atoms with E-state index in [0.717, 1.165) is 10.3 Å². The van der Waals surface area contributed by atoms with Gasteiger partial charge >= 0.3 is 0 Å². The Morgan fingerprint density at radius 2 is 1.73 bits per heavy atom. The number of benzene rings is 3. The Morgan fingerprint density at radius 1 is 0.970 bits per heavy atom. The predicted octanol–water partition coefficient (Wildman–Crippen LogP) is 5.62. The van der Waals surface area contributed by atoms with Gasteiger partial charge in [-0.05, 0) is 49.4 Å². The fraction of sp³-hybridized carbons (Fsp3) is 0.0417. The Kier molecular flexibility index (Phi) is 5.27. The number of nitrogens with one attached hydrogen (secondary N) is 1. The third-order valence-corrected chi connectivity index (χ3v) is 7.41. The molecule has 164 valence electrons. The summed E-state index contributed by atoms with van der Waals surface area (Å²) in [4.78, 5) is 20.3. The predicted molar refractivity (Wildman–Crippen MR) is 128 cm³/mol. The van der Waals surface area contributed by atoms with Crippen molar-refractivity contribution in [2.24, 2.45) is 0 Å². The number of thiazole rings is 1. The van der Waals surface area contributed by atoms with Crippen LogP contribution in [0.2, 0.25) is 0 Å². The summed E-state index contributed by atoms with van der Waals surface area (Å²) in [7, 11) is -3.84. The molecule has 0 radical (unpaired) electrons. The normalized spacial score (nSPS) is 11.5. The molecule has 0 aliphatic carbocycles. The summed E-state index contributed by atoms with van der Waals surface area (Å²) >= 11 is 1.17. The lowest BCUT2D eigenvalue weighted by Crippen LogP contribution is -2.12. The van der Waals surface area contributed by atoms with Crippen LogP contribution in [-0.2, 0) is 10.0 Å². The summed E-state index contributed by atoms with van der Waals surface area (Å²) in [6, 6.07) is 21.0. The van der Waals surface area contributed by atoms with Crippen molar-refractivity contribution in [3.8, 4) is 22.8 Å². The second-order valence-corrected chi connectivity index (χ2v) is 10.00. The van der Waals surface area contributed by atoms with E-state index in [4.69, 9.17) is 4.42 Å². The molecule has 3 aromatic carbocycles. The zero-order valence-electron chi connectivity index (χ0n) is 17.3. The Morgan fingerprint density at radius 3 is 2.45 bits per heavy atom. The molecule has 0 atom stereocenters. The summed E-state index contributed by atoms with van der Waals surface area (Å²) in [6.07, 6.45) is 1.64. The molecule has 0 aliphatic rings. The maximum atomic E-state index is 12.9. The zero-order chi connectivity index (χ0) is 23.0. The van der Waals surface area contributed by atoms with E-state index >= 15 is 0 Å². The number of Topliss-reactive ketones (excluding diaryl/α,β-unsaturated/α-hetero) is 1. The van der Waals surface area contributed by atoms with Crippen molar-refractivity contribution in [2.75, 3.05) is 4.72 Å². The summed E-state index contributed by atoms with van der Waals surface area (Å²) < 4.78 is 34.8. The maximum Gasteiger partial charge on any atom is 0.263 e. The number of aromatic nitrogens is 2. The maximum absolute atomic E-state index is 12.9. The van der Waals surface area contributed by atoms with Gasteiger partial charge in [-0.1, -0.05) is 41.7 Å². The Labute approximate surface area is 193 Å². The lowest BCUT2D eigenvalue weighted by molar-refractivity contribution is 0.101. The Bertz CT molecular complexity index is 1570. The molecule has 0 saturated carbocycles. The van der Waals surface area contributed by atoms with Crippen LogP contribution < -0.4 is 4.72 Å². The fourth-order valence-electron chi connectivity index (χ4n) is 3.28. The number of nitrogens with zero attached hydrogens (tertiary/aromatic N) is 2. The van der Waals surface area contributed by atoms with Crippen LogP contribution in [0.25, 0.3) is 33.0 Å². The molecule has 0 bridgehead atoms. The second-order valence-electron chi connectivity index (χ2n) is 7.28. The van der Waals surface area contributed by atoms with E-state index in [2.05, 4.69) is 14.7 Å². The van der Waals surface area contributed by atoms with Crippen LogP contribution in [0.15, 0.2) is 88.3 Å². The van der Waals surface area contributed by atoms with Crippen LogP contribution in [0, 0.1) is 0 Å². The topological polar surface area (TPSA) is 102 Å². The summed E-state index contributed by atoms with van der Waals surface area (Å²) in [5.74, 6) is 0.973. The molecule has 0 amide bonds. The molecule has 0 spiro atoms. The molecule has 5 aromatic rings. The number of rotatable bonds is 6. The van der Waals surface area contributed by atoms with Gasteiger partial charge in [0.25, 0.3) is 10.0 Å². The second kappa shape index (κ2) is 8.27. The van der Waals surface area contributed by atoms with Crippen LogP contribution >= 0.6 is 11.3 Å². The van der Waals surface area contributed by atoms with Crippen LogP contribution in [0.5, 0.6) is 0 Å². The highest BCUT2D eigenvalue weighted by Gasteiger charge is 2.18. The molecule has 0 aliphatic heterocycles. The van der Waals surface area contributed by atoms with Crippen LogP contribution in [0.3, 0.4) is 0 Å². The Balaban J connectivity index is 1.37. The number of anilines is 1. The van der Waals surface area contributed by atoms with Gasteiger partial charge < -0.3 is 4.42 Å². The molecular weight excluding hydrogens is 458 g/mol. The zero-order valence-corrected chi connectivity index (χ0v) is 19.0. The molecule has 1 N–H and O–H groups in total. The molecule has 33 heavy (non-hydrogen) atoms. The van der Waals surface area contributed by atoms with Gasteiger partial charge in [-0.2, -0.15) is 0 Å². The number of fused-ring (bicyclic) bond motifs is 1. The van der Waals surface area contributed by atoms with Gasteiger partial charge in [0.2, 0.25) is 5.89 Å². The smallest absolute Gasteiger partial charge is 0.263 e. The standard InChI is InChI=1S/C24H17N3O4S2/c1-15(28)18-9-12-20-22(13-18)32-24(26-20)27-33(29,30)19-10-7-17(8-11-19)23-25-14-21(31-23)16-5-3-2-4-6-16/h2-14H,1H3,(H,26,27). The lowest BCUT2D eigenvalue weighted by Gasteiger charge is -2.05. The van der Waals surface area contributed by atoms with Gasteiger partial charge in [-0.25, -0.2) is 18.4 Å². The molecule has 5 rings (SSSR count). The molecule has 7 nitrogen and oxygen atoms in total. The first-order valence-electron chi connectivity index (χ1n) is 9.95. The third kappa shape index (κ3) is 4.28. The van der Waals surface area contributed by atoms with Crippen LogP contribution in [0.4, 0.5) is 5.13 Å². The minimum Gasteiger partial charge on any atom is -0.436 e. The third-order valence-electron chi connectivity index (χ3n) is 4.99. The number of hydrogen-bond donors (Lipinski definition) is 1. The SMILES string of the molecule is CC(=O)c1ccc2nc(NS(=O)(=O)c3ccc(-c4ncc(-c5ccccc5)o4)cc3)sc2c1. The number of sulfonamides is 1. The van der Waals surface area contributed by atoms with E-state index in [9.17, 15) is 13.2 Å². The van der Waals surface area contributed by atoms with Crippen molar-refractivity contribution in [1.29, 1.82) is 0 Å². The quantitative estimate of drug-likeness (QED) is 0.320. The average Bonchev–Trinajstić information content (AvgIpc) is 3.46. The lowest BCUT2D eigenvalue weighted by atomic mass is 10.1. The highest BCUT2D eigenvalue weighted by molar-refractivity contribution is 7.93. The van der Waals surface area contributed by atoms with E-state index in [1.165, 1.54) is 30.4 Å². The molecule has 2 heterocycles. The molecule has 0 saturated heterocycles. The molecular formula is C24H17N3O4S2. The van der Waals surface area contributed by atoms with E-state index in [-0.39, 0.29) is 15.8 Å². The first-order chi connectivity index (χ1) is 15.9. The monoisotopic (exact) mass is 475 g/mol. The van der Waals surface area contributed by atoms with Crippen molar-refractivity contribution < 1.29 is 17.6 Å². The van der Waals surface area contributed by atoms with E-state index in [0.29, 0.717) is 28.3 Å². The van der Waals surface area contributed by atoms with Crippen molar-refractivity contribution in [2.45, 2.75) is 11.8 Å². The van der Waals surface area contributed by atoms with Gasteiger partial charge in [0.15, 0.2) is 16.7 Å². The number of oxazole rings is 1. The van der Waals surface area contributed by atoms with Crippen molar-refractivity contribution in [1.82, 2.24) is 9.97 Å². The summed E-state index contributed by atoms with van der Waals surface area (Å²) in [5, 5.41) is 0.231. The van der Waals surface area contributed by atoms with Gasteiger partial charge in [0.1, 0.15) is 0 Å². The highest BCUT2D eigenvalue weighted by atomic mass is 32.2. The molecule has 0 unspecified atom stereocenters. The van der Waals surface area contributed by atoms with Crippen molar-refractivity contribution >= 4 is 42.5 Å². The van der Waals surface area contributed by atoms with E-state index < -0.39 is 10.0 Å². The molecule has 2 aromatic heterocycles. The first kappa shape index (κ1) is 21.0. The summed E-state index contributed by atoms with van der Waals surface area (Å²) in [5.41, 5.74) is 2.74. The van der Waals surface area contributed by atoms with Crippen LogP contribution in [0.1, 0.15) is 17.3 Å². The fourth-order valence-corrected chi connectivity index (χ4v) is 5.42. The molecule has 9 heteroatoms. The van der Waals surface area contributed by atoms with Crippen molar-refractivity contribution in [3.05, 3.63) is 84.6 Å². The van der Waals surface area contributed by atoms with Gasteiger partial charge in [0, 0.05) is 16.7 Å². The van der Waals surface area contributed by atoms with Gasteiger partial charge in [-0.15, -0.1) is 0 Å². The number of ketones is 1. The molecule has 0 fully saturated rings. The van der Waals surface area contributed by atoms with E-state index in [1.807, 2.05) is 30.3 Å². The highest BCUT2D eigenvalue weighted by Crippen LogP contribution is 2.30. The first-order valence-corrected chi connectivity index (χ1v) is 12.2. The van der Waals surface area contributed by atoms with Gasteiger partial charge in [0.05, 0.1) is 21.3 Å².